The molecule has 0 radical (unpaired) electrons. The number of nitrogens with zero attached hydrogens (tertiary/aromatic N) is 3. The zero-order chi connectivity index (χ0) is 18.2. The fourth-order valence-electron chi connectivity index (χ4n) is 2.41. The van der Waals surface area contributed by atoms with Crippen LogP contribution < -0.4 is 4.90 Å². The number of rotatable bonds is 8. The van der Waals surface area contributed by atoms with Crippen molar-refractivity contribution in [3.63, 3.8) is 0 Å². The van der Waals surface area contributed by atoms with E-state index in [0.29, 0.717) is 12.3 Å². The quantitative estimate of drug-likeness (QED) is 0.585. The largest absolute Gasteiger partial charge is 0.389 e. The summed E-state index contributed by atoms with van der Waals surface area (Å²) in [4.78, 5) is 11.9. The van der Waals surface area contributed by atoms with E-state index in [0.717, 1.165) is 5.56 Å². The maximum atomic E-state index is 10.8. The van der Waals surface area contributed by atoms with Gasteiger partial charge in [0.15, 0.2) is 0 Å². The third-order valence-electron chi connectivity index (χ3n) is 3.63. The fraction of sp³-hybridized carbons (Fsp3) is 0.278. The molecule has 7 nitrogen and oxygen atoms in total. The van der Waals surface area contributed by atoms with E-state index in [1.54, 1.807) is 11.9 Å². The van der Waals surface area contributed by atoms with Crippen LogP contribution >= 0.6 is 0 Å². The molecular formula is C18H19N3O4. The number of aliphatic hydroxyl groups excluding tert-OH is 1. The van der Waals surface area contributed by atoms with Gasteiger partial charge in [0.2, 0.25) is 0 Å². The van der Waals surface area contributed by atoms with E-state index in [9.17, 15) is 20.5 Å². The second kappa shape index (κ2) is 8.78. The molecule has 1 unspecified atom stereocenters. The number of likely N-dealkylation sites (N-methyl/N-ethyl adjacent to an activating group) is 1. The number of non-ortho nitro benzene ring substituents is 1. The van der Waals surface area contributed by atoms with Crippen LogP contribution in [0, 0.1) is 21.4 Å². The number of aliphatic hydroxyl groups is 1. The molecule has 2 aromatic rings. The number of nitro groups is 1. The molecule has 130 valence electrons. The van der Waals surface area contributed by atoms with Crippen LogP contribution in [0.3, 0.4) is 0 Å². The van der Waals surface area contributed by atoms with Crippen molar-refractivity contribution < 1.29 is 14.8 Å². The first kappa shape index (κ1) is 18.4. The van der Waals surface area contributed by atoms with Crippen LogP contribution in [0.2, 0.25) is 0 Å². The molecule has 0 aromatic heterocycles. The van der Waals surface area contributed by atoms with E-state index >= 15 is 0 Å². The second-order valence-corrected chi connectivity index (χ2v) is 5.61. The van der Waals surface area contributed by atoms with Crippen LogP contribution in [-0.4, -0.2) is 36.3 Å². The summed E-state index contributed by atoms with van der Waals surface area (Å²) < 4.78 is 5.49. The summed E-state index contributed by atoms with van der Waals surface area (Å²) in [5.74, 6) is 0. The van der Waals surface area contributed by atoms with E-state index in [1.165, 1.54) is 18.2 Å². The van der Waals surface area contributed by atoms with Gasteiger partial charge in [-0.2, -0.15) is 5.26 Å². The molecule has 2 aromatic carbocycles. The van der Waals surface area contributed by atoms with Crippen molar-refractivity contribution in [2.75, 3.05) is 25.1 Å². The maximum absolute atomic E-state index is 10.8. The van der Waals surface area contributed by atoms with E-state index in [1.807, 2.05) is 36.4 Å². The first-order valence-corrected chi connectivity index (χ1v) is 7.70. The Balaban J connectivity index is 1.91. The molecule has 0 saturated carbocycles. The van der Waals surface area contributed by atoms with Crippen molar-refractivity contribution in [2.24, 2.45) is 0 Å². The van der Waals surface area contributed by atoms with E-state index in [-0.39, 0.29) is 24.4 Å². The third-order valence-corrected chi connectivity index (χ3v) is 3.63. The summed E-state index contributed by atoms with van der Waals surface area (Å²) in [5, 5.41) is 30.1. The highest BCUT2D eigenvalue weighted by atomic mass is 16.6. The number of nitriles is 1. The third kappa shape index (κ3) is 5.28. The standard InChI is InChI=1S/C18H19N3O4/c1-20(18-8-7-16(21(23)24)9-15(18)10-19)11-17(22)13-25-12-14-5-3-2-4-6-14/h2-9,17,22H,11-13H2,1H3. The lowest BCUT2D eigenvalue weighted by Crippen LogP contribution is -2.32. The minimum absolute atomic E-state index is 0.138. The van der Waals surface area contributed by atoms with Crippen molar-refractivity contribution in [1.82, 2.24) is 0 Å². The average Bonchev–Trinajstić information content (AvgIpc) is 2.61. The van der Waals surface area contributed by atoms with Gasteiger partial charge in [-0.1, -0.05) is 30.3 Å². The molecule has 0 saturated heterocycles. The minimum Gasteiger partial charge on any atom is -0.389 e. The predicted octanol–water partition coefficient (Wildman–Crippen LogP) is 2.48. The first-order chi connectivity index (χ1) is 12.0. The summed E-state index contributed by atoms with van der Waals surface area (Å²) >= 11 is 0. The Morgan fingerprint density at radius 3 is 2.68 bits per heavy atom. The van der Waals surface area contributed by atoms with E-state index in [4.69, 9.17) is 4.74 Å². The van der Waals surface area contributed by atoms with Gasteiger partial charge in [-0.25, -0.2) is 0 Å². The van der Waals surface area contributed by atoms with Gasteiger partial charge in [0.25, 0.3) is 5.69 Å². The molecule has 25 heavy (non-hydrogen) atoms. The van der Waals surface area contributed by atoms with Crippen LogP contribution in [0.25, 0.3) is 0 Å². The van der Waals surface area contributed by atoms with Crippen LogP contribution in [0.1, 0.15) is 11.1 Å². The van der Waals surface area contributed by atoms with Gasteiger partial charge in [0.1, 0.15) is 6.07 Å². The van der Waals surface area contributed by atoms with Crippen molar-refractivity contribution in [2.45, 2.75) is 12.7 Å². The Labute approximate surface area is 145 Å². The number of benzene rings is 2. The first-order valence-electron chi connectivity index (χ1n) is 7.70. The highest BCUT2D eigenvalue weighted by Gasteiger charge is 2.16. The van der Waals surface area contributed by atoms with Crippen LogP contribution in [0.4, 0.5) is 11.4 Å². The average molecular weight is 341 g/mol. The van der Waals surface area contributed by atoms with Gasteiger partial charge >= 0.3 is 0 Å². The Hall–Kier alpha value is -2.95. The van der Waals surface area contributed by atoms with Gasteiger partial charge in [-0.3, -0.25) is 10.1 Å². The summed E-state index contributed by atoms with van der Waals surface area (Å²) in [7, 11) is 1.71. The highest BCUT2D eigenvalue weighted by Crippen LogP contribution is 2.24. The second-order valence-electron chi connectivity index (χ2n) is 5.61. The summed E-state index contributed by atoms with van der Waals surface area (Å²) in [6, 6.07) is 15.7. The number of ether oxygens (including phenoxy) is 1. The van der Waals surface area contributed by atoms with Crippen LogP contribution in [0.15, 0.2) is 48.5 Å². The fourth-order valence-corrected chi connectivity index (χ4v) is 2.41. The Morgan fingerprint density at radius 2 is 2.04 bits per heavy atom. The topological polar surface area (TPSA) is 99.6 Å². The molecule has 7 heteroatoms. The van der Waals surface area contributed by atoms with Crippen LogP contribution in [0.5, 0.6) is 0 Å². The van der Waals surface area contributed by atoms with E-state index < -0.39 is 11.0 Å². The zero-order valence-corrected chi connectivity index (χ0v) is 13.8. The Morgan fingerprint density at radius 1 is 1.32 bits per heavy atom. The van der Waals surface area contributed by atoms with Gasteiger partial charge in [0.05, 0.1) is 35.5 Å². The van der Waals surface area contributed by atoms with Crippen molar-refractivity contribution in [3.05, 3.63) is 69.8 Å². The number of hydrogen-bond donors (Lipinski definition) is 1. The smallest absolute Gasteiger partial charge is 0.270 e. The van der Waals surface area contributed by atoms with Gasteiger partial charge < -0.3 is 14.7 Å². The Kier molecular flexibility index (Phi) is 6.46. The van der Waals surface area contributed by atoms with Crippen LogP contribution in [-0.2, 0) is 11.3 Å². The molecule has 0 aliphatic carbocycles. The molecule has 0 fully saturated rings. The maximum Gasteiger partial charge on any atom is 0.270 e. The number of nitro benzene ring substituents is 1. The van der Waals surface area contributed by atoms with E-state index in [2.05, 4.69) is 0 Å². The van der Waals surface area contributed by atoms with Gasteiger partial charge in [0, 0.05) is 25.7 Å². The zero-order valence-electron chi connectivity index (χ0n) is 13.8. The lowest BCUT2D eigenvalue weighted by atomic mass is 10.1. The molecule has 0 bridgehead atoms. The Bertz CT molecular complexity index is 759. The molecule has 0 spiro atoms. The minimum atomic E-state index is -0.754. The SMILES string of the molecule is CN(CC(O)COCc1ccccc1)c1ccc([N+](=O)[O-])cc1C#N. The molecule has 1 N–H and O–H groups in total. The molecule has 0 amide bonds. The highest BCUT2D eigenvalue weighted by molar-refractivity contribution is 5.62. The molecule has 0 aliphatic heterocycles. The monoisotopic (exact) mass is 341 g/mol. The van der Waals surface area contributed by atoms with Crippen molar-refractivity contribution >= 4 is 11.4 Å². The lowest BCUT2D eigenvalue weighted by molar-refractivity contribution is -0.384. The number of anilines is 1. The van der Waals surface area contributed by atoms with Gasteiger partial charge in [-0.05, 0) is 11.6 Å². The molecule has 2 rings (SSSR count). The normalized spacial score (nSPS) is 11.6. The molecular weight excluding hydrogens is 322 g/mol. The lowest BCUT2D eigenvalue weighted by Gasteiger charge is -2.23. The number of hydrogen-bond acceptors (Lipinski definition) is 6. The predicted molar refractivity (Wildman–Crippen MR) is 93.2 cm³/mol. The summed E-state index contributed by atoms with van der Waals surface area (Å²) in [5.41, 5.74) is 1.59. The molecule has 1 atom stereocenters. The molecule has 0 heterocycles. The van der Waals surface area contributed by atoms with Gasteiger partial charge in [-0.15, -0.1) is 0 Å². The molecule has 0 aliphatic rings. The van der Waals surface area contributed by atoms with Crippen molar-refractivity contribution in [3.8, 4) is 6.07 Å². The summed E-state index contributed by atoms with van der Waals surface area (Å²) in [6.45, 7) is 0.790. The summed E-state index contributed by atoms with van der Waals surface area (Å²) in [6.07, 6.45) is -0.754. The van der Waals surface area contributed by atoms with Crippen molar-refractivity contribution in [1.29, 1.82) is 5.26 Å².